The van der Waals surface area contributed by atoms with E-state index in [4.69, 9.17) is 4.42 Å². The zero-order valence-corrected chi connectivity index (χ0v) is 18.0. The number of benzene rings is 2. The van der Waals surface area contributed by atoms with Crippen LogP contribution in [-0.4, -0.2) is 21.7 Å². The van der Waals surface area contributed by atoms with Crippen molar-refractivity contribution in [3.63, 3.8) is 0 Å². The van der Waals surface area contributed by atoms with Gasteiger partial charge in [-0.1, -0.05) is 52.3 Å². The Balaban J connectivity index is 1.79. The highest BCUT2D eigenvalue weighted by atomic mass is 79.9. The lowest BCUT2D eigenvalue weighted by atomic mass is 9.94. The number of amides is 2. The molecule has 0 spiro atoms. The van der Waals surface area contributed by atoms with Gasteiger partial charge >= 0.3 is 0 Å². The maximum Gasteiger partial charge on any atom is 0.259 e. The Kier molecular flexibility index (Phi) is 4.59. The van der Waals surface area contributed by atoms with Crippen molar-refractivity contribution in [2.45, 2.75) is 12.8 Å². The SMILES string of the molecule is Cn1cc(C2=C(c3cccc4ccoc34)C(=O)NC2=O)c2cccc(CCCBr)c21. The summed E-state index contributed by atoms with van der Waals surface area (Å²) in [6.07, 6.45) is 5.49. The number of fused-ring (bicyclic) bond motifs is 2. The first-order chi connectivity index (χ1) is 14.6. The fourth-order valence-corrected chi connectivity index (χ4v) is 4.65. The van der Waals surface area contributed by atoms with Crippen LogP contribution >= 0.6 is 15.9 Å². The van der Waals surface area contributed by atoms with Crippen LogP contribution in [0.25, 0.3) is 33.0 Å². The van der Waals surface area contributed by atoms with Crippen LogP contribution in [-0.2, 0) is 23.1 Å². The normalized spacial score (nSPS) is 14.3. The standard InChI is InChI=1S/C24H19BrN2O3/c1-27-13-18(16-8-2-5-14(21(16)27)7-4-11-25)20-19(23(28)26-24(20)29)17-9-3-6-15-10-12-30-22(15)17/h2-3,5-6,8-10,12-13H,4,7,11H2,1H3,(H,26,28,29). The lowest BCUT2D eigenvalue weighted by molar-refractivity contribution is -0.122. The number of nitrogens with zero attached hydrogens (tertiary/aromatic N) is 1. The molecule has 2 aromatic carbocycles. The van der Waals surface area contributed by atoms with E-state index < -0.39 is 5.91 Å². The number of halogens is 1. The van der Waals surface area contributed by atoms with Gasteiger partial charge in [0.25, 0.3) is 11.8 Å². The molecule has 5 rings (SSSR count). The van der Waals surface area contributed by atoms with E-state index in [2.05, 4.69) is 27.3 Å². The number of carbonyl (C=O) groups excluding carboxylic acids is 2. The van der Waals surface area contributed by atoms with Crippen LogP contribution in [0.3, 0.4) is 0 Å². The van der Waals surface area contributed by atoms with Crippen molar-refractivity contribution in [2.24, 2.45) is 7.05 Å². The van der Waals surface area contributed by atoms with E-state index in [9.17, 15) is 9.59 Å². The fourth-order valence-electron chi connectivity index (χ4n) is 4.37. The van der Waals surface area contributed by atoms with E-state index in [1.165, 1.54) is 5.56 Å². The summed E-state index contributed by atoms with van der Waals surface area (Å²) in [4.78, 5) is 25.8. The average Bonchev–Trinajstić information content (AvgIpc) is 3.42. The van der Waals surface area contributed by atoms with Gasteiger partial charge in [-0.15, -0.1) is 0 Å². The summed E-state index contributed by atoms with van der Waals surface area (Å²) in [5.74, 6) is -0.775. The first-order valence-corrected chi connectivity index (χ1v) is 10.9. The van der Waals surface area contributed by atoms with E-state index >= 15 is 0 Å². The quantitative estimate of drug-likeness (QED) is 0.341. The van der Waals surface area contributed by atoms with Crippen LogP contribution in [0.4, 0.5) is 0 Å². The summed E-state index contributed by atoms with van der Waals surface area (Å²) >= 11 is 3.50. The molecule has 2 aromatic heterocycles. The van der Waals surface area contributed by atoms with Gasteiger partial charge in [-0.3, -0.25) is 14.9 Å². The van der Waals surface area contributed by atoms with Gasteiger partial charge < -0.3 is 8.98 Å². The highest BCUT2D eigenvalue weighted by molar-refractivity contribution is 9.09. The number of rotatable bonds is 5. The smallest absolute Gasteiger partial charge is 0.259 e. The number of aryl methyl sites for hydroxylation is 2. The first kappa shape index (κ1) is 18.9. The summed E-state index contributed by atoms with van der Waals surface area (Å²) in [7, 11) is 1.98. The molecule has 0 bridgehead atoms. The van der Waals surface area contributed by atoms with Gasteiger partial charge in [0.05, 0.1) is 22.9 Å². The van der Waals surface area contributed by atoms with Crippen LogP contribution in [0.1, 0.15) is 23.1 Å². The van der Waals surface area contributed by atoms with Gasteiger partial charge in [0, 0.05) is 40.5 Å². The Morgan fingerprint density at radius 2 is 1.77 bits per heavy atom. The zero-order chi connectivity index (χ0) is 20.8. The minimum atomic E-state index is -0.397. The van der Waals surface area contributed by atoms with Crippen LogP contribution in [0.15, 0.2) is 59.3 Å². The molecule has 3 heterocycles. The Bertz CT molecular complexity index is 1360. The number of imide groups is 1. The average molecular weight is 463 g/mol. The second-order valence-electron chi connectivity index (χ2n) is 7.44. The van der Waals surface area contributed by atoms with E-state index in [1.807, 2.05) is 54.2 Å². The van der Waals surface area contributed by atoms with E-state index in [1.54, 1.807) is 6.26 Å². The number of hydrogen-bond acceptors (Lipinski definition) is 3. The predicted molar refractivity (Wildman–Crippen MR) is 121 cm³/mol. The number of aromatic nitrogens is 1. The van der Waals surface area contributed by atoms with Gasteiger partial charge in [0.15, 0.2) is 0 Å². The third kappa shape index (κ3) is 2.82. The molecule has 6 heteroatoms. The molecule has 1 N–H and O–H groups in total. The topological polar surface area (TPSA) is 64.2 Å². The van der Waals surface area contributed by atoms with Gasteiger partial charge in [-0.2, -0.15) is 0 Å². The summed E-state index contributed by atoms with van der Waals surface area (Å²) in [5.41, 5.74) is 5.06. The molecule has 150 valence electrons. The molecule has 0 fully saturated rings. The maximum absolute atomic E-state index is 12.9. The lowest BCUT2D eigenvalue weighted by Crippen LogP contribution is -2.22. The Morgan fingerprint density at radius 3 is 2.57 bits per heavy atom. The van der Waals surface area contributed by atoms with E-state index in [0.29, 0.717) is 22.3 Å². The molecule has 0 saturated heterocycles. The minimum absolute atomic E-state index is 0.360. The molecule has 0 saturated carbocycles. The summed E-state index contributed by atoms with van der Waals surface area (Å²) in [5, 5.41) is 5.27. The molecular weight excluding hydrogens is 444 g/mol. The number of para-hydroxylation sites is 2. The second kappa shape index (κ2) is 7.29. The highest BCUT2D eigenvalue weighted by Gasteiger charge is 2.35. The van der Waals surface area contributed by atoms with E-state index in [-0.39, 0.29) is 5.91 Å². The largest absolute Gasteiger partial charge is 0.464 e. The van der Waals surface area contributed by atoms with Crippen molar-refractivity contribution < 1.29 is 14.0 Å². The number of alkyl halides is 1. The summed E-state index contributed by atoms with van der Waals surface area (Å²) in [6, 6.07) is 13.6. The molecule has 0 unspecified atom stereocenters. The molecular formula is C24H19BrN2O3. The van der Waals surface area contributed by atoms with Crippen LogP contribution < -0.4 is 5.32 Å². The molecule has 0 radical (unpaired) electrons. The molecule has 4 aromatic rings. The zero-order valence-electron chi connectivity index (χ0n) is 16.4. The highest BCUT2D eigenvalue weighted by Crippen LogP contribution is 2.38. The van der Waals surface area contributed by atoms with Gasteiger partial charge in [-0.25, -0.2) is 0 Å². The predicted octanol–water partition coefficient (Wildman–Crippen LogP) is 4.82. The molecule has 2 amide bonds. The molecule has 0 aliphatic carbocycles. The first-order valence-electron chi connectivity index (χ1n) is 9.80. The van der Waals surface area contributed by atoms with Crippen LogP contribution in [0.2, 0.25) is 0 Å². The Hall–Kier alpha value is -3.12. The van der Waals surface area contributed by atoms with Gasteiger partial charge in [0.1, 0.15) is 5.58 Å². The number of furan rings is 1. The third-order valence-electron chi connectivity index (χ3n) is 5.61. The van der Waals surface area contributed by atoms with Crippen molar-refractivity contribution in [3.05, 3.63) is 71.6 Å². The minimum Gasteiger partial charge on any atom is -0.464 e. The lowest BCUT2D eigenvalue weighted by Gasteiger charge is -2.06. The summed E-state index contributed by atoms with van der Waals surface area (Å²) in [6.45, 7) is 0. The molecule has 0 atom stereocenters. The Morgan fingerprint density at radius 1 is 1.00 bits per heavy atom. The van der Waals surface area contributed by atoms with Crippen molar-refractivity contribution in [1.82, 2.24) is 9.88 Å². The summed E-state index contributed by atoms with van der Waals surface area (Å²) < 4.78 is 7.69. The van der Waals surface area contributed by atoms with Gasteiger partial charge in [-0.05, 0) is 24.5 Å². The monoisotopic (exact) mass is 462 g/mol. The fraction of sp³-hybridized carbons (Fsp3) is 0.167. The Labute approximate surface area is 181 Å². The molecule has 1 aliphatic rings. The molecule has 5 nitrogen and oxygen atoms in total. The third-order valence-corrected chi connectivity index (χ3v) is 6.17. The van der Waals surface area contributed by atoms with Crippen molar-refractivity contribution in [3.8, 4) is 0 Å². The van der Waals surface area contributed by atoms with E-state index in [0.717, 1.165) is 40.0 Å². The van der Waals surface area contributed by atoms with Crippen molar-refractivity contribution >= 4 is 60.8 Å². The van der Waals surface area contributed by atoms with Crippen LogP contribution in [0, 0.1) is 0 Å². The van der Waals surface area contributed by atoms with Gasteiger partial charge in [0.2, 0.25) is 0 Å². The number of carbonyl (C=O) groups is 2. The van der Waals surface area contributed by atoms with Crippen molar-refractivity contribution in [1.29, 1.82) is 0 Å². The number of hydrogen-bond donors (Lipinski definition) is 1. The molecule has 30 heavy (non-hydrogen) atoms. The number of nitrogens with one attached hydrogen (secondary N) is 1. The molecule has 1 aliphatic heterocycles. The second-order valence-corrected chi connectivity index (χ2v) is 8.23. The maximum atomic E-state index is 12.9. The van der Waals surface area contributed by atoms with Crippen molar-refractivity contribution in [2.75, 3.05) is 5.33 Å². The van der Waals surface area contributed by atoms with Crippen LogP contribution in [0.5, 0.6) is 0 Å².